The molecule has 0 aliphatic carbocycles. The Balaban J connectivity index is 2.69. The van der Waals surface area contributed by atoms with E-state index in [1.807, 2.05) is 18.2 Å². The van der Waals surface area contributed by atoms with Gasteiger partial charge in [0.1, 0.15) is 4.60 Å². The van der Waals surface area contributed by atoms with E-state index in [4.69, 9.17) is 5.11 Å². The van der Waals surface area contributed by atoms with Gasteiger partial charge in [-0.05, 0) is 33.6 Å². The molecule has 4 heteroatoms. The first-order chi connectivity index (χ1) is 5.81. The summed E-state index contributed by atoms with van der Waals surface area (Å²) in [5.41, 5.74) is 1.75. The van der Waals surface area contributed by atoms with E-state index in [-0.39, 0.29) is 6.61 Å². The average molecular weight is 227 g/mol. The molecule has 0 spiro atoms. The molecule has 0 fully saturated rings. The van der Waals surface area contributed by atoms with Gasteiger partial charge >= 0.3 is 0 Å². The van der Waals surface area contributed by atoms with E-state index in [1.54, 1.807) is 0 Å². The fraction of sp³-hybridized carbons (Fsp3) is 0.125. The van der Waals surface area contributed by atoms with Gasteiger partial charge in [0.15, 0.2) is 0 Å². The van der Waals surface area contributed by atoms with E-state index in [0.29, 0.717) is 0 Å². The molecule has 2 N–H and O–H groups in total. The number of H-pyrrole nitrogens is 1. The monoisotopic (exact) mass is 226 g/mol. The van der Waals surface area contributed by atoms with Gasteiger partial charge in [0, 0.05) is 5.39 Å². The Kier molecular flexibility index (Phi) is 1.86. The van der Waals surface area contributed by atoms with Gasteiger partial charge in [-0.1, -0.05) is 6.07 Å². The molecule has 0 aliphatic rings. The van der Waals surface area contributed by atoms with Gasteiger partial charge in [-0.15, -0.1) is 0 Å². The number of hydrogen-bond acceptors (Lipinski definition) is 2. The number of benzene rings is 1. The summed E-state index contributed by atoms with van der Waals surface area (Å²) < 4.78 is 0.877. The molecular formula is C8H7BrN2O. The molecule has 0 saturated carbocycles. The molecule has 0 unspecified atom stereocenters. The van der Waals surface area contributed by atoms with Crippen molar-refractivity contribution in [3.63, 3.8) is 0 Å². The summed E-state index contributed by atoms with van der Waals surface area (Å²) in [6.45, 7) is 0.0560. The Morgan fingerprint density at radius 1 is 1.50 bits per heavy atom. The van der Waals surface area contributed by atoms with E-state index in [9.17, 15) is 0 Å². The highest BCUT2D eigenvalue weighted by Gasteiger charge is 2.01. The quantitative estimate of drug-likeness (QED) is 0.780. The van der Waals surface area contributed by atoms with Gasteiger partial charge in [0.25, 0.3) is 0 Å². The molecule has 0 bridgehead atoms. The summed E-state index contributed by atoms with van der Waals surface area (Å²) in [6.07, 6.45) is 0. The fourth-order valence-electron chi connectivity index (χ4n) is 1.12. The zero-order chi connectivity index (χ0) is 8.55. The highest BCUT2D eigenvalue weighted by atomic mass is 79.9. The van der Waals surface area contributed by atoms with Gasteiger partial charge in [0.05, 0.1) is 12.1 Å². The van der Waals surface area contributed by atoms with Crippen LogP contribution in [0.25, 0.3) is 10.9 Å². The van der Waals surface area contributed by atoms with Crippen LogP contribution in [0.4, 0.5) is 0 Å². The normalized spacial score (nSPS) is 10.8. The summed E-state index contributed by atoms with van der Waals surface area (Å²) in [7, 11) is 0. The lowest BCUT2D eigenvalue weighted by Crippen LogP contribution is -1.81. The van der Waals surface area contributed by atoms with E-state index < -0.39 is 0 Å². The maximum absolute atomic E-state index is 8.85. The summed E-state index contributed by atoms with van der Waals surface area (Å²) in [4.78, 5) is 0. The number of aliphatic hydroxyl groups excluding tert-OH is 1. The smallest absolute Gasteiger partial charge is 0.108 e. The number of aromatic nitrogens is 2. The van der Waals surface area contributed by atoms with Crippen molar-refractivity contribution in [2.45, 2.75) is 6.61 Å². The Morgan fingerprint density at radius 2 is 2.33 bits per heavy atom. The predicted molar refractivity (Wildman–Crippen MR) is 49.7 cm³/mol. The van der Waals surface area contributed by atoms with E-state index in [1.165, 1.54) is 0 Å². The minimum absolute atomic E-state index is 0.0560. The van der Waals surface area contributed by atoms with Crippen LogP contribution in [0.1, 0.15) is 5.56 Å². The molecule has 0 amide bonds. The number of hydrogen-bond donors (Lipinski definition) is 2. The van der Waals surface area contributed by atoms with Gasteiger partial charge in [-0.25, -0.2) is 0 Å². The molecule has 1 heterocycles. The molecule has 0 radical (unpaired) electrons. The summed E-state index contributed by atoms with van der Waals surface area (Å²) in [5.74, 6) is 0. The molecule has 0 saturated heterocycles. The van der Waals surface area contributed by atoms with Gasteiger partial charge in [-0.3, -0.25) is 5.10 Å². The Morgan fingerprint density at radius 3 is 3.08 bits per heavy atom. The third-order valence-electron chi connectivity index (χ3n) is 1.76. The Bertz CT molecular complexity index is 410. The van der Waals surface area contributed by atoms with Crippen molar-refractivity contribution in [3.8, 4) is 0 Å². The van der Waals surface area contributed by atoms with E-state index in [0.717, 1.165) is 21.1 Å². The van der Waals surface area contributed by atoms with Crippen LogP contribution in [0.5, 0.6) is 0 Å². The number of halogens is 1. The van der Waals surface area contributed by atoms with Crippen molar-refractivity contribution in [2.24, 2.45) is 0 Å². The van der Waals surface area contributed by atoms with Crippen LogP contribution >= 0.6 is 15.9 Å². The minimum Gasteiger partial charge on any atom is -0.392 e. The average Bonchev–Trinajstić information content (AvgIpc) is 2.47. The Labute approximate surface area is 77.5 Å². The molecule has 1 aromatic heterocycles. The summed E-state index contributed by atoms with van der Waals surface area (Å²) in [6, 6.07) is 5.66. The molecule has 12 heavy (non-hydrogen) atoms. The molecular weight excluding hydrogens is 220 g/mol. The lowest BCUT2D eigenvalue weighted by atomic mass is 10.2. The second-order valence-electron chi connectivity index (χ2n) is 2.55. The minimum atomic E-state index is 0.0560. The number of nitrogens with one attached hydrogen (secondary N) is 1. The van der Waals surface area contributed by atoms with Crippen molar-refractivity contribution >= 4 is 26.8 Å². The first-order valence-electron chi connectivity index (χ1n) is 3.54. The lowest BCUT2D eigenvalue weighted by Gasteiger charge is -1.93. The molecule has 3 nitrogen and oxygen atoms in total. The SMILES string of the molecule is OCc1ccc2c(Br)[nH]nc2c1. The maximum Gasteiger partial charge on any atom is 0.108 e. The molecule has 1 aromatic carbocycles. The zero-order valence-corrected chi connectivity index (χ0v) is 7.80. The van der Waals surface area contributed by atoms with E-state index >= 15 is 0 Å². The molecule has 0 aliphatic heterocycles. The highest BCUT2D eigenvalue weighted by Crippen LogP contribution is 2.21. The zero-order valence-electron chi connectivity index (χ0n) is 6.21. The predicted octanol–water partition coefficient (Wildman–Crippen LogP) is 1.82. The number of nitrogens with zero attached hydrogens (tertiary/aromatic N) is 1. The Hall–Kier alpha value is -0.870. The van der Waals surface area contributed by atoms with Crippen LogP contribution < -0.4 is 0 Å². The van der Waals surface area contributed by atoms with Gasteiger partial charge in [0.2, 0.25) is 0 Å². The highest BCUT2D eigenvalue weighted by molar-refractivity contribution is 9.10. The van der Waals surface area contributed by atoms with Crippen LogP contribution in [0.2, 0.25) is 0 Å². The van der Waals surface area contributed by atoms with Gasteiger partial charge in [-0.2, -0.15) is 5.10 Å². The topological polar surface area (TPSA) is 48.9 Å². The first-order valence-corrected chi connectivity index (χ1v) is 4.34. The van der Waals surface area contributed by atoms with Crippen molar-refractivity contribution < 1.29 is 5.11 Å². The number of aromatic amines is 1. The molecule has 0 atom stereocenters. The van der Waals surface area contributed by atoms with E-state index in [2.05, 4.69) is 26.1 Å². The summed E-state index contributed by atoms with van der Waals surface area (Å²) in [5, 5.41) is 16.7. The second-order valence-corrected chi connectivity index (χ2v) is 3.34. The van der Waals surface area contributed by atoms with Crippen molar-refractivity contribution in [1.82, 2.24) is 10.2 Å². The number of aliphatic hydroxyl groups is 1. The first kappa shape index (κ1) is 7.76. The largest absolute Gasteiger partial charge is 0.392 e. The third-order valence-corrected chi connectivity index (χ3v) is 2.36. The fourth-order valence-corrected chi connectivity index (χ4v) is 1.55. The van der Waals surface area contributed by atoms with Crippen molar-refractivity contribution in [1.29, 1.82) is 0 Å². The standard InChI is InChI=1S/C8H7BrN2O/c9-8-6-2-1-5(4-12)3-7(6)10-11-8/h1-3,12H,4H2,(H,10,11). The molecule has 2 rings (SSSR count). The number of rotatable bonds is 1. The van der Waals surface area contributed by atoms with Crippen molar-refractivity contribution in [3.05, 3.63) is 28.4 Å². The van der Waals surface area contributed by atoms with Gasteiger partial charge < -0.3 is 5.11 Å². The molecule has 2 aromatic rings. The van der Waals surface area contributed by atoms with Crippen LogP contribution in [0.3, 0.4) is 0 Å². The third kappa shape index (κ3) is 1.13. The lowest BCUT2D eigenvalue weighted by molar-refractivity contribution is 0.282. The van der Waals surface area contributed by atoms with Crippen LogP contribution in [-0.4, -0.2) is 15.3 Å². The second kappa shape index (κ2) is 2.88. The maximum atomic E-state index is 8.85. The molecule has 62 valence electrons. The van der Waals surface area contributed by atoms with Crippen molar-refractivity contribution in [2.75, 3.05) is 0 Å². The summed E-state index contributed by atoms with van der Waals surface area (Å²) >= 11 is 3.33. The van der Waals surface area contributed by atoms with Crippen LogP contribution in [0, 0.1) is 0 Å². The van der Waals surface area contributed by atoms with Crippen LogP contribution in [0.15, 0.2) is 22.8 Å². The number of fused-ring (bicyclic) bond motifs is 1. The van der Waals surface area contributed by atoms with Crippen LogP contribution in [-0.2, 0) is 6.61 Å².